The number of nitrogens with zero attached hydrogens (tertiary/aromatic N) is 5. The molecule has 1 aliphatic heterocycles. The second-order valence-electron chi connectivity index (χ2n) is 6.12. The molecule has 0 aromatic carbocycles. The molecule has 0 unspecified atom stereocenters. The predicted octanol–water partition coefficient (Wildman–Crippen LogP) is 1.26. The van der Waals surface area contributed by atoms with Crippen molar-refractivity contribution in [3.8, 4) is 0 Å². The number of amides is 2. The van der Waals surface area contributed by atoms with Gasteiger partial charge in [0.1, 0.15) is 5.82 Å². The number of aromatic nitrogens is 4. The SMILES string of the molecule is CCc1ncc(NC(=O)N2CCS(=O)(=O)C[C@H]2c2cnn(CC)c2)cn1. The van der Waals surface area contributed by atoms with Crippen LogP contribution in [-0.4, -0.2) is 57.1 Å². The Morgan fingerprint density at radius 1 is 1.27 bits per heavy atom. The first kappa shape index (κ1) is 18.3. The van der Waals surface area contributed by atoms with E-state index in [1.54, 1.807) is 29.5 Å². The molecule has 0 saturated carbocycles. The van der Waals surface area contributed by atoms with Gasteiger partial charge in [0, 0.05) is 31.3 Å². The zero-order valence-electron chi connectivity index (χ0n) is 14.8. The van der Waals surface area contributed by atoms with Crippen molar-refractivity contribution in [2.75, 3.05) is 23.4 Å². The Labute approximate surface area is 152 Å². The summed E-state index contributed by atoms with van der Waals surface area (Å²) < 4.78 is 25.9. The Morgan fingerprint density at radius 3 is 2.62 bits per heavy atom. The molecule has 0 spiro atoms. The zero-order valence-corrected chi connectivity index (χ0v) is 15.6. The molecule has 10 heteroatoms. The van der Waals surface area contributed by atoms with E-state index >= 15 is 0 Å². The van der Waals surface area contributed by atoms with Gasteiger partial charge >= 0.3 is 6.03 Å². The fraction of sp³-hybridized carbons (Fsp3) is 0.500. The van der Waals surface area contributed by atoms with Crippen LogP contribution in [0, 0.1) is 0 Å². The van der Waals surface area contributed by atoms with Gasteiger partial charge in [-0.05, 0) is 6.92 Å². The summed E-state index contributed by atoms with van der Waals surface area (Å²) in [5.41, 5.74) is 1.19. The van der Waals surface area contributed by atoms with Crippen LogP contribution in [0.15, 0.2) is 24.8 Å². The zero-order chi connectivity index (χ0) is 18.7. The Kier molecular flexibility index (Phi) is 5.21. The van der Waals surface area contributed by atoms with Gasteiger partial charge in [-0.1, -0.05) is 6.92 Å². The van der Waals surface area contributed by atoms with Gasteiger partial charge < -0.3 is 10.2 Å². The summed E-state index contributed by atoms with van der Waals surface area (Å²) in [6.45, 7) is 4.69. The van der Waals surface area contributed by atoms with Gasteiger partial charge in [-0.25, -0.2) is 23.2 Å². The fourth-order valence-electron chi connectivity index (χ4n) is 2.85. The van der Waals surface area contributed by atoms with Crippen LogP contribution in [-0.2, 0) is 22.8 Å². The van der Waals surface area contributed by atoms with Crippen molar-refractivity contribution in [1.29, 1.82) is 0 Å². The maximum atomic E-state index is 12.7. The Balaban J connectivity index is 1.81. The predicted molar refractivity (Wildman–Crippen MR) is 96.4 cm³/mol. The highest BCUT2D eigenvalue weighted by molar-refractivity contribution is 7.91. The molecule has 140 valence electrons. The molecule has 1 saturated heterocycles. The van der Waals surface area contributed by atoms with Gasteiger partial charge in [0.15, 0.2) is 9.84 Å². The van der Waals surface area contributed by atoms with Crippen LogP contribution in [0.5, 0.6) is 0 Å². The number of hydrogen-bond donors (Lipinski definition) is 1. The lowest BCUT2D eigenvalue weighted by atomic mass is 10.1. The molecule has 2 aromatic rings. The highest BCUT2D eigenvalue weighted by atomic mass is 32.2. The summed E-state index contributed by atoms with van der Waals surface area (Å²) >= 11 is 0. The molecule has 26 heavy (non-hydrogen) atoms. The molecular weight excluding hydrogens is 356 g/mol. The summed E-state index contributed by atoms with van der Waals surface area (Å²) in [5.74, 6) is 0.530. The summed E-state index contributed by atoms with van der Waals surface area (Å²) in [4.78, 5) is 22.6. The maximum absolute atomic E-state index is 12.7. The van der Waals surface area contributed by atoms with Crippen molar-refractivity contribution in [2.24, 2.45) is 0 Å². The summed E-state index contributed by atoms with van der Waals surface area (Å²) in [5, 5.41) is 6.95. The third-order valence-electron chi connectivity index (χ3n) is 4.33. The van der Waals surface area contributed by atoms with Gasteiger partial charge in [-0.3, -0.25) is 4.68 Å². The van der Waals surface area contributed by atoms with E-state index < -0.39 is 15.9 Å². The number of rotatable bonds is 4. The number of sulfone groups is 1. The standard InChI is InChI=1S/C16H22N6O3S/c1-3-15-17-8-13(9-18-15)20-16(23)22-5-6-26(24,25)11-14(22)12-7-19-21(4-2)10-12/h7-10,14H,3-6,11H2,1-2H3,(H,20,23)/t14-/m0/s1. The number of carbonyl (C=O) groups is 1. The van der Waals surface area contributed by atoms with Gasteiger partial charge in [-0.15, -0.1) is 0 Å². The van der Waals surface area contributed by atoms with Crippen molar-refractivity contribution in [1.82, 2.24) is 24.6 Å². The number of aryl methyl sites for hydroxylation is 2. The fourth-order valence-corrected chi connectivity index (χ4v) is 4.34. The quantitative estimate of drug-likeness (QED) is 0.858. The van der Waals surface area contributed by atoms with E-state index in [0.29, 0.717) is 30.0 Å². The average Bonchev–Trinajstić information content (AvgIpc) is 3.10. The van der Waals surface area contributed by atoms with E-state index in [1.807, 2.05) is 13.8 Å². The smallest absolute Gasteiger partial charge is 0.315 e. The molecular formula is C16H22N6O3S. The third kappa shape index (κ3) is 4.01. The average molecular weight is 378 g/mol. The lowest BCUT2D eigenvalue weighted by Crippen LogP contribution is -2.47. The second-order valence-corrected chi connectivity index (χ2v) is 8.35. The van der Waals surface area contributed by atoms with Crippen LogP contribution in [0.3, 0.4) is 0 Å². The minimum absolute atomic E-state index is 0.0515. The Morgan fingerprint density at radius 2 is 2.00 bits per heavy atom. The van der Waals surface area contributed by atoms with Crippen LogP contribution < -0.4 is 5.32 Å². The van der Waals surface area contributed by atoms with Crippen molar-refractivity contribution in [2.45, 2.75) is 32.9 Å². The maximum Gasteiger partial charge on any atom is 0.322 e. The molecule has 9 nitrogen and oxygen atoms in total. The lowest BCUT2D eigenvalue weighted by Gasteiger charge is -2.34. The molecule has 0 aliphatic carbocycles. The summed E-state index contributed by atoms with van der Waals surface area (Å²) in [6, 6.07) is -0.938. The van der Waals surface area contributed by atoms with Crippen molar-refractivity contribution in [3.63, 3.8) is 0 Å². The molecule has 2 amide bonds. The van der Waals surface area contributed by atoms with Crippen LogP contribution in [0.2, 0.25) is 0 Å². The normalized spacial score (nSPS) is 19.3. The monoisotopic (exact) mass is 378 g/mol. The highest BCUT2D eigenvalue weighted by Crippen LogP contribution is 2.27. The molecule has 1 aliphatic rings. The van der Waals surface area contributed by atoms with Gasteiger partial charge in [0.25, 0.3) is 0 Å². The molecule has 3 rings (SSSR count). The van der Waals surface area contributed by atoms with E-state index in [0.717, 1.165) is 0 Å². The van der Waals surface area contributed by atoms with Gasteiger partial charge in [0.05, 0.1) is 41.8 Å². The molecule has 1 atom stereocenters. The molecule has 1 N–H and O–H groups in total. The van der Waals surface area contributed by atoms with Crippen LogP contribution in [0.1, 0.15) is 31.3 Å². The summed E-state index contributed by atoms with van der Waals surface area (Å²) in [7, 11) is -3.21. The van der Waals surface area contributed by atoms with Crippen LogP contribution in [0.4, 0.5) is 10.5 Å². The Bertz CT molecular complexity index is 878. The van der Waals surface area contributed by atoms with Gasteiger partial charge in [-0.2, -0.15) is 5.10 Å². The summed E-state index contributed by atoms with van der Waals surface area (Å²) in [6.07, 6.45) is 7.21. The number of hydrogen-bond acceptors (Lipinski definition) is 6. The van der Waals surface area contributed by atoms with E-state index in [9.17, 15) is 13.2 Å². The number of nitrogens with one attached hydrogen (secondary N) is 1. The largest absolute Gasteiger partial charge is 0.322 e. The van der Waals surface area contributed by atoms with Crippen LogP contribution >= 0.6 is 0 Å². The first-order valence-corrected chi connectivity index (χ1v) is 10.3. The molecule has 1 fully saturated rings. The topological polar surface area (TPSA) is 110 Å². The minimum atomic E-state index is -3.21. The van der Waals surface area contributed by atoms with Crippen molar-refractivity contribution >= 4 is 21.6 Å². The first-order chi connectivity index (χ1) is 12.4. The molecule has 0 radical (unpaired) electrons. The number of carbonyl (C=O) groups excluding carboxylic acids is 1. The highest BCUT2D eigenvalue weighted by Gasteiger charge is 2.36. The van der Waals surface area contributed by atoms with Crippen molar-refractivity contribution in [3.05, 3.63) is 36.2 Å². The molecule has 3 heterocycles. The van der Waals surface area contributed by atoms with E-state index in [4.69, 9.17) is 0 Å². The van der Waals surface area contributed by atoms with E-state index in [-0.39, 0.29) is 24.1 Å². The molecule has 2 aromatic heterocycles. The minimum Gasteiger partial charge on any atom is -0.315 e. The van der Waals surface area contributed by atoms with Gasteiger partial charge in [0.2, 0.25) is 0 Å². The Hall–Kier alpha value is -2.49. The van der Waals surface area contributed by atoms with Crippen LogP contribution in [0.25, 0.3) is 0 Å². The lowest BCUT2D eigenvalue weighted by molar-refractivity contribution is 0.195. The third-order valence-corrected chi connectivity index (χ3v) is 5.96. The van der Waals surface area contributed by atoms with E-state index in [1.165, 1.54) is 4.90 Å². The van der Waals surface area contributed by atoms with Crippen molar-refractivity contribution < 1.29 is 13.2 Å². The number of anilines is 1. The molecule has 0 bridgehead atoms. The first-order valence-electron chi connectivity index (χ1n) is 8.53. The second kappa shape index (κ2) is 7.40. The van der Waals surface area contributed by atoms with E-state index in [2.05, 4.69) is 20.4 Å². The number of urea groups is 1.